The highest BCUT2D eigenvalue weighted by Gasteiger charge is 2.26. The minimum atomic E-state index is 0.0683. The predicted molar refractivity (Wildman–Crippen MR) is 87.3 cm³/mol. The first-order valence-corrected chi connectivity index (χ1v) is 7.88. The van der Waals surface area contributed by atoms with E-state index in [-0.39, 0.29) is 5.91 Å². The molecule has 1 heterocycles. The molecule has 2 aromatic carbocycles. The lowest BCUT2D eigenvalue weighted by molar-refractivity contribution is 0.0633. The van der Waals surface area contributed by atoms with E-state index in [9.17, 15) is 4.79 Å². The average Bonchev–Trinajstić information content (AvgIpc) is 2.56. The van der Waals surface area contributed by atoms with Crippen molar-refractivity contribution in [3.8, 4) is 11.5 Å². The highest BCUT2D eigenvalue weighted by atomic mass is 16.5. The quantitative estimate of drug-likeness (QED) is 0.834. The van der Waals surface area contributed by atoms with Crippen LogP contribution in [0.25, 0.3) is 0 Å². The van der Waals surface area contributed by atoms with E-state index in [1.54, 1.807) is 0 Å². The minimum absolute atomic E-state index is 0.0683. The van der Waals surface area contributed by atoms with Gasteiger partial charge in [0.15, 0.2) is 0 Å². The maximum Gasteiger partial charge on any atom is 0.257 e. The van der Waals surface area contributed by atoms with E-state index in [1.165, 1.54) is 6.42 Å². The Kier molecular flexibility index (Phi) is 4.42. The lowest BCUT2D eigenvalue weighted by Crippen LogP contribution is -2.42. The Morgan fingerprint density at radius 2 is 1.77 bits per heavy atom. The summed E-state index contributed by atoms with van der Waals surface area (Å²) in [5, 5.41) is 0. The molecular weight excluding hydrogens is 274 g/mol. The van der Waals surface area contributed by atoms with Crippen molar-refractivity contribution in [2.24, 2.45) is 0 Å². The first-order valence-electron chi connectivity index (χ1n) is 7.88. The van der Waals surface area contributed by atoms with Crippen molar-refractivity contribution in [2.75, 3.05) is 6.54 Å². The zero-order valence-electron chi connectivity index (χ0n) is 12.9. The molecule has 114 valence electrons. The normalized spacial score (nSPS) is 18.0. The van der Waals surface area contributed by atoms with Crippen LogP contribution < -0.4 is 4.74 Å². The molecule has 3 nitrogen and oxygen atoms in total. The van der Waals surface area contributed by atoms with Crippen LogP contribution in [0.1, 0.15) is 36.5 Å². The second-order valence-electron chi connectivity index (χ2n) is 5.75. The number of carbonyl (C=O) groups excluding carboxylic acids is 1. The number of hydrogen-bond acceptors (Lipinski definition) is 2. The van der Waals surface area contributed by atoms with Gasteiger partial charge in [0.05, 0.1) is 5.56 Å². The van der Waals surface area contributed by atoms with E-state index in [0.29, 0.717) is 17.4 Å². The molecule has 0 unspecified atom stereocenters. The van der Waals surface area contributed by atoms with Crippen LogP contribution in [0.4, 0.5) is 0 Å². The monoisotopic (exact) mass is 295 g/mol. The van der Waals surface area contributed by atoms with Crippen molar-refractivity contribution in [3.63, 3.8) is 0 Å². The first-order chi connectivity index (χ1) is 10.8. The number of hydrogen-bond donors (Lipinski definition) is 0. The Bertz CT molecular complexity index is 639. The van der Waals surface area contributed by atoms with Gasteiger partial charge in [-0.25, -0.2) is 0 Å². The molecule has 1 fully saturated rings. The Labute approximate surface area is 131 Å². The fraction of sp³-hybridized carbons (Fsp3) is 0.316. The molecular formula is C19H21NO2. The summed E-state index contributed by atoms with van der Waals surface area (Å²) in [5.41, 5.74) is 0.639. The zero-order chi connectivity index (χ0) is 15.4. The van der Waals surface area contributed by atoms with Crippen LogP contribution in [-0.2, 0) is 0 Å². The number of rotatable bonds is 3. The van der Waals surface area contributed by atoms with E-state index in [1.807, 2.05) is 59.5 Å². The van der Waals surface area contributed by atoms with Crippen LogP contribution in [0.3, 0.4) is 0 Å². The number of likely N-dealkylation sites (tertiary alicyclic amines) is 1. The van der Waals surface area contributed by atoms with Gasteiger partial charge in [0, 0.05) is 12.6 Å². The third kappa shape index (κ3) is 3.14. The summed E-state index contributed by atoms with van der Waals surface area (Å²) in [6.45, 7) is 2.96. The zero-order valence-corrected chi connectivity index (χ0v) is 12.9. The van der Waals surface area contributed by atoms with Gasteiger partial charge in [-0.15, -0.1) is 0 Å². The summed E-state index contributed by atoms with van der Waals surface area (Å²) in [6.07, 6.45) is 3.36. The number of carbonyl (C=O) groups is 1. The van der Waals surface area contributed by atoms with Crippen LogP contribution in [0, 0.1) is 0 Å². The fourth-order valence-electron chi connectivity index (χ4n) is 2.90. The van der Waals surface area contributed by atoms with Gasteiger partial charge in [-0.05, 0) is 50.5 Å². The Morgan fingerprint density at radius 1 is 1.05 bits per heavy atom. The van der Waals surface area contributed by atoms with E-state index in [4.69, 9.17) is 4.74 Å². The van der Waals surface area contributed by atoms with E-state index in [2.05, 4.69) is 6.92 Å². The molecule has 0 radical (unpaired) electrons. The van der Waals surface area contributed by atoms with Gasteiger partial charge < -0.3 is 9.64 Å². The van der Waals surface area contributed by atoms with Gasteiger partial charge in [0.25, 0.3) is 5.91 Å². The molecule has 0 N–H and O–H groups in total. The fourth-order valence-corrected chi connectivity index (χ4v) is 2.90. The van der Waals surface area contributed by atoms with Crippen LogP contribution in [0.5, 0.6) is 11.5 Å². The van der Waals surface area contributed by atoms with Crippen LogP contribution in [-0.4, -0.2) is 23.4 Å². The Hall–Kier alpha value is -2.29. The highest BCUT2D eigenvalue weighted by Crippen LogP contribution is 2.28. The van der Waals surface area contributed by atoms with Crippen molar-refractivity contribution in [1.82, 2.24) is 4.90 Å². The molecule has 0 aromatic heterocycles. The second-order valence-corrected chi connectivity index (χ2v) is 5.75. The molecule has 0 aliphatic carbocycles. The lowest BCUT2D eigenvalue weighted by Gasteiger charge is -2.33. The van der Waals surface area contributed by atoms with Gasteiger partial charge in [0.1, 0.15) is 11.5 Å². The summed E-state index contributed by atoms with van der Waals surface area (Å²) < 4.78 is 5.91. The van der Waals surface area contributed by atoms with Gasteiger partial charge in [0.2, 0.25) is 0 Å². The number of para-hydroxylation sites is 2. The number of piperidine rings is 1. The Morgan fingerprint density at radius 3 is 2.55 bits per heavy atom. The second kappa shape index (κ2) is 6.65. The average molecular weight is 295 g/mol. The third-order valence-corrected chi connectivity index (χ3v) is 4.15. The molecule has 1 atom stereocenters. The molecule has 0 spiro atoms. The van der Waals surface area contributed by atoms with Crippen molar-refractivity contribution in [1.29, 1.82) is 0 Å². The maximum atomic E-state index is 12.9. The third-order valence-electron chi connectivity index (χ3n) is 4.15. The molecule has 22 heavy (non-hydrogen) atoms. The van der Waals surface area contributed by atoms with Crippen LogP contribution >= 0.6 is 0 Å². The topological polar surface area (TPSA) is 29.5 Å². The van der Waals surface area contributed by atoms with Gasteiger partial charge >= 0.3 is 0 Å². The number of amides is 1. The molecule has 3 rings (SSSR count). The minimum Gasteiger partial charge on any atom is -0.457 e. The molecule has 0 saturated carbocycles. The Balaban J connectivity index is 1.86. The van der Waals surface area contributed by atoms with E-state index < -0.39 is 0 Å². The number of benzene rings is 2. The predicted octanol–water partition coefficient (Wildman–Crippen LogP) is 4.49. The molecule has 1 aliphatic heterocycles. The van der Waals surface area contributed by atoms with Crippen LogP contribution in [0.2, 0.25) is 0 Å². The summed E-state index contributed by atoms with van der Waals surface area (Å²) in [4.78, 5) is 14.8. The summed E-state index contributed by atoms with van der Waals surface area (Å²) in [5.74, 6) is 1.43. The number of ether oxygens (including phenoxy) is 1. The smallest absolute Gasteiger partial charge is 0.257 e. The summed E-state index contributed by atoms with van der Waals surface area (Å²) in [7, 11) is 0. The van der Waals surface area contributed by atoms with Gasteiger partial charge in [-0.2, -0.15) is 0 Å². The molecule has 1 aliphatic rings. The van der Waals surface area contributed by atoms with Crippen molar-refractivity contribution in [2.45, 2.75) is 32.2 Å². The van der Waals surface area contributed by atoms with E-state index >= 15 is 0 Å². The largest absolute Gasteiger partial charge is 0.457 e. The standard InChI is InChI=1S/C19H21NO2/c1-15-9-7-8-14-20(15)19(21)17-12-5-6-13-18(17)22-16-10-3-2-4-11-16/h2-6,10-13,15H,7-9,14H2,1H3/t15-/m0/s1. The van der Waals surface area contributed by atoms with Crippen molar-refractivity contribution in [3.05, 3.63) is 60.2 Å². The van der Waals surface area contributed by atoms with Crippen LogP contribution in [0.15, 0.2) is 54.6 Å². The van der Waals surface area contributed by atoms with Crippen molar-refractivity contribution >= 4 is 5.91 Å². The molecule has 1 amide bonds. The maximum absolute atomic E-state index is 12.9. The van der Waals surface area contributed by atoms with Crippen molar-refractivity contribution < 1.29 is 9.53 Å². The first kappa shape index (κ1) is 14.6. The molecule has 3 heteroatoms. The van der Waals surface area contributed by atoms with Gasteiger partial charge in [-0.1, -0.05) is 30.3 Å². The van der Waals surface area contributed by atoms with Gasteiger partial charge in [-0.3, -0.25) is 4.79 Å². The lowest BCUT2D eigenvalue weighted by atomic mass is 10.0. The van der Waals surface area contributed by atoms with E-state index in [0.717, 1.165) is 25.1 Å². The molecule has 2 aromatic rings. The molecule has 0 bridgehead atoms. The summed E-state index contributed by atoms with van der Waals surface area (Å²) in [6, 6.07) is 17.4. The highest BCUT2D eigenvalue weighted by molar-refractivity contribution is 5.97. The SMILES string of the molecule is C[C@H]1CCCCN1C(=O)c1ccccc1Oc1ccccc1. The molecule has 1 saturated heterocycles. The summed E-state index contributed by atoms with van der Waals surface area (Å²) >= 11 is 0. The number of nitrogens with zero attached hydrogens (tertiary/aromatic N) is 1.